The van der Waals surface area contributed by atoms with Crippen molar-refractivity contribution in [1.82, 2.24) is 9.88 Å². The predicted octanol–water partition coefficient (Wildman–Crippen LogP) is 3.63. The van der Waals surface area contributed by atoms with Crippen molar-refractivity contribution in [3.05, 3.63) is 39.7 Å². The Kier molecular flexibility index (Phi) is 4.10. The van der Waals surface area contributed by atoms with Crippen molar-refractivity contribution >= 4 is 17.2 Å². The number of aryl methyl sites for hydroxylation is 2. The molecule has 21 heavy (non-hydrogen) atoms. The molecule has 0 N–H and O–H groups in total. The number of aromatic nitrogens is 1. The quantitative estimate of drug-likeness (QED) is 0.870. The lowest BCUT2D eigenvalue weighted by atomic mass is 9.97. The van der Waals surface area contributed by atoms with E-state index in [1.165, 1.54) is 5.01 Å². The molecule has 112 valence electrons. The maximum atomic E-state index is 12.4. The largest absolute Gasteiger partial charge is 0.456 e. The lowest BCUT2D eigenvalue weighted by Gasteiger charge is -2.30. The first-order chi connectivity index (χ1) is 10.2. The third kappa shape index (κ3) is 3.02. The molecule has 5 heteroatoms. The number of rotatable bonds is 3. The summed E-state index contributed by atoms with van der Waals surface area (Å²) >= 11 is 1.74. The minimum Gasteiger partial charge on any atom is -0.456 e. The molecule has 1 amide bonds. The van der Waals surface area contributed by atoms with E-state index in [0.29, 0.717) is 11.7 Å². The third-order valence-corrected chi connectivity index (χ3v) is 5.11. The number of carbonyl (C=O) groups is 1. The number of nitrogens with zero attached hydrogens (tertiary/aromatic N) is 2. The summed E-state index contributed by atoms with van der Waals surface area (Å²) in [7, 11) is 0. The first kappa shape index (κ1) is 14.3. The molecule has 0 spiro atoms. The fourth-order valence-electron chi connectivity index (χ4n) is 2.73. The van der Waals surface area contributed by atoms with Crippen molar-refractivity contribution in [1.29, 1.82) is 0 Å². The average Bonchev–Trinajstić information content (AvgIpc) is 3.15. The van der Waals surface area contributed by atoms with Gasteiger partial charge in [0.2, 0.25) is 0 Å². The van der Waals surface area contributed by atoms with E-state index in [2.05, 4.69) is 10.4 Å². The van der Waals surface area contributed by atoms with E-state index in [0.717, 1.165) is 43.8 Å². The van der Waals surface area contributed by atoms with E-state index >= 15 is 0 Å². The van der Waals surface area contributed by atoms with Gasteiger partial charge in [0.1, 0.15) is 5.76 Å². The molecule has 1 aliphatic rings. The molecule has 0 radical (unpaired) electrons. The van der Waals surface area contributed by atoms with Crippen LogP contribution in [0.3, 0.4) is 0 Å². The highest BCUT2D eigenvalue weighted by molar-refractivity contribution is 7.09. The van der Waals surface area contributed by atoms with Gasteiger partial charge < -0.3 is 9.32 Å². The highest BCUT2D eigenvalue weighted by Gasteiger charge is 2.27. The number of amides is 1. The SMILES string of the molecule is CCc1ccc(C(=O)N2CCC(c3nc(C)cs3)CC2)o1. The molecule has 2 aromatic rings. The van der Waals surface area contributed by atoms with Crippen LogP contribution in [0.25, 0.3) is 0 Å². The third-order valence-electron chi connectivity index (χ3n) is 3.99. The van der Waals surface area contributed by atoms with Crippen molar-refractivity contribution in [2.24, 2.45) is 0 Å². The average molecular weight is 304 g/mol. The Balaban J connectivity index is 1.61. The van der Waals surface area contributed by atoms with E-state index in [4.69, 9.17) is 4.42 Å². The highest BCUT2D eigenvalue weighted by Crippen LogP contribution is 2.30. The van der Waals surface area contributed by atoms with E-state index in [9.17, 15) is 4.79 Å². The van der Waals surface area contributed by atoms with Gasteiger partial charge in [0.15, 0.2) is 5.76 Å². The second-order valence-electron chi connectivity index (χ2n) is 5.51. The van der Waals surface area contributed by atoms with E-state index < -0.39 is 0 Å². The van der Waals surface area contributed by atoms with E-state index in [1.54, 1.807) is 17.4 Å². The van der Waals surface area contributed by atoms with E-state index in [1.807, 2.05) is 24.8 Å². The minimum absolute atomic E-state index is 0.0171. The molecular formula is C16H20N2O2S. The number of thiazole rings is 1. The summed E-state index contributed by atoms with van der Waals surface area (Å²) in [5.74, 6) is 1.85. The summed E-state index contributed by atoms with van der Waals surface area (Å²) in [5, 5.41) is 3.31. The van der Waals surface area contributed by atoms with Gasteiger partial charge in [0, 0.05) is 36.5 Å². The standard InChI is InChI=1S/C16H20N2O2S/c1-3-13-4-5-14(20-13)16(19)18-8-6-12(7-9-18)15-17-11(2)10-21-15/h4-5,10,12H,3,6-9H2,1-2H3. The molecule has 0 aromatic carbocycles. The van der Waals surface area contributed by atoms with Crippen LogP contribution >= 0.6 is 11.3 Å². The number of hydrogen-bond acceptors (Lipinski definition) is 4. The van der Waals surface area contributed by atoms with Gasteiger partial charge in [0.05, 0.1) is 5.01 Å². The normalized spacial score (nSPS) is 16.4. The van der Waals surface area contributed by atoms with Crippen LogP contribution in [0.5, 0.6) is 0 Å². The molecule has 1 fully saturated rings. The fraction of sp³-hybridized carbons (Fsp3) is 0.500. The Morgan fingerprint density at radius 2 is 2.19 bits per heavy atom. The minimum atomic E-state index is 0.0171. The first-order valence-electron chi connectivity index (χ1n) is 7.47. The summed E-state index contributed by atoms with van der Waals surface area (Å²) in [6.07, 6.45) is 2.79. The van der Waals surface area contributed by atoms with Crippen molar-refractivity contribution < 1.29 is 9.21 Å². The zero-order valence-electron chi connectivity index (χ0n) is 12.5. The van der Waals surface area contributed by atoms with Crippen LogP contribution < -0.4 is 0 Å². The van der Waals surface area contributed by atoms with Crippen LogP contribution in [-0.2, 0) is 6.42 Å². The van der Waals surface area contributed by atoms with Gasteiger partial charge in [-0.15, -0.1) is 11.3 Å². The molecule has 0 bridgehead atoms. The van der Waals surface area contributed by atoms with Crippen LogP contribution in [0, 0.1) is 6.92 Å². The molecule has 3 heterocycles. The van der Waals surface area contributed by atoms with Crippen LogP contribution in [0.15, 0.2) is 21.9 Å². The van der Waals surface area contributed by atoms with Gasteiger partial charge >= 0.3 is 0 Å². The number of hydrogen-bond donors (Lipinski definition) is 0. The Hall–Kier alpha value is -1.62. The predicted molar refractivity (Wildman–Crippen MR) is 82.8 cm³/mol. The van der Waals surface area contributed by atoms with Crippen molar-refractivity contribution in [2.45, 2.75) is 39.0 Å². The van der Waals surface area contributed by atoms with Crippen LogP contribution in [0.4, 0.5) is 0 Å². The van der Waals surface area contributed by atoms with Crippen molar-refractivity contribution in [2.75, 3.05) is 13.1 Å². The summed E-state index contributed by atoms with van der Waals surface area (Å²) in [6.45, 7) is 5.62. The van der Waals surface area contributed by atoms with Gasteiger partial charge in [-0.3, -0.25) is 4.79 Å². The number of furan rings is 1. The lowest BCUT2D eigenvalue weighted by molar-refractivity contribution is 0.0679. The Bertz CT molecular complexity index is 624. The number of likely N-dealkylation sites (tertiary alicyclic amines) is 1. The summed E-state index contributed by atoms with van der Waals surface area (Å²) in [6, 6.07) is 3.68. The molecule has 0 aliphatic carbocycles. The molecular weight excluding hydrogens is 284 g/mol. The second-order valence-corrected chi connectivity index (χ2v) is 6.40. The van der Waals surface area contributed by atoms with Crippen LogP contribution in [0.1, 0.15) is 52.7 Å². The second kappa shape index (κ2) is 6.02. The van der Waals surface area contributed by atoms with Crippen molar-refractivity contribution in [3.63, 3.8) is 0 Å². The molecule has 2 aromatic heterocycles. The lowest BCUT2D eigenvalue weighted by Crippen LogP contribution is -2.37. The maximum Gasteiger partial charge on any atom is 0.289 e. The topological polar surface area (TPSA) is 46.3 Å². The molecule has 0 saturated carbocycles. The van der Waals surface area contributed by atoms with Gasteiger partial charge in [0.25, 0.3) is 5.91 Å². The molecule has 1 saturated heterocycles. The highest BCUT2D eigenvalue weighted by atomic mass is 32.1. The summed E-state index contributed by atoms with van der Waals surface area (Å²) in [5.41, 5.74) is 1.09. The molecule has 0 atom stereocenters. The Labute approximate surface area is 128 Å². The molecule has 3 rings (SSSR count). The number of piperidine rings is 1. The van der Waals surface area contributed by atoms with Crippen molar-refractivity contribution in [3.8, 4) is 0 Å². The van der Waals surface area contributed by atoms with Gasteiger partial charge in [-0.2, -0.15) is 0 Å². The number of carbonyl (C=O) groups excluding carboxylic acids is 1. The van der Waals surface area contributed by atoms with Gasteiger partial charge in [-0.1, -0.05) is 6.92 Å². The Morgan fingerprint density at radius 3 is 2.76 bits per heavy atom. The summed E-state index contributed by atoms with van der Waals surface area (Å²) in [4.78, 5) is 18.9. The molecule has 0 unspecified atom stereocenters. The monoisotopic (exact) mass is 304 g/mol. The van der Waals surface area contributed by atoms with Crippen LogP contribution in [-0.4, -0.2) is 28.9 Å². The smallest absolute Gasteiger partial charge is 0.289 e. The fourth-order valence-corrected chi connectivity index (χ4v) is 3.70. The van der Waals surface area contributed by atoms with Crippen LogP contribution in [0.2, 0.25) is 0 Å². The zero-order valence-corrected chi connectivity index (χ0v) is 13.3. The molecule has 1 aliphatic heterocycles. The first-order valence-corrected chi connectivity index (χ1v) is 8.35. The van der Waals surface area contributed by atoms with Gasteiger partial charge in [-0.25, -0.2) is 4.98 Å². The Morgan fingerprint density at radius 1 is 1.43 bits per heavy atom. The maximum absolute atomic E-state index is 12.4. The zero-order chi connectivity index (χ0) is 14.8. The van der Waals surface area contributed by atoms with E-state index in [-0.39, 0.29) is 5.91 Å². The summed E-state index contributed by atoms with van der Waals surface area (Å²) < 4.78 is 5.56. The molecule has 4 nitrogen and oxygen atoms in total. The van der Waals surface area contributed by atoms with Gasteiger partial charge in [-0.05, 0) is 31.9 Å².